The molecule has 1 unspecified atom stereocenters. The normalized spacial score (nSPS) is 16.2. The lowest BCUT2D eigenvalue weighted by atomic mass is 10.1. The molecule has 1 heterocycles. The quantitative estimate of drug-likeness (QED) is 0.627. The van der Waals surface area contributed by atoms with Crippen molar-refractivity contribution in [3.63, 3.8) is 0 Å². The van der Waals surface area contributed by atoms with Crippen LogP contribution < -0.4 is 13.6 Å². The average Bonchev–Trinajstić information content (AvgIpc) is 2.80. The molecule has 0 fully saturated rings. The molecule has 0 aromatic heterocycles. The number of rotatable bonds is 3. The molecule has 96 valence electrons. The molecule has 0 saturated heterocycles. The molecule has 1 aliphatic heterocycles. The van der Waals surface area contributed by atoms with E-state index in [1.165, 1.54) is 6.92 Å². The van der Waals surface area contributed by atoms with Crippen LogP contribution in [-0.2, 0) is 0 Å². The highest BCUT2D eigenvalue weighted by atomic mass is 31.2. The summed E-state index contributed by atoms with van der Waals surface area (Å²) in [5, 5.41) is 0. The lowest BCUT2D eigenvalue weighted by molar-refractivity contribution is 0.101. The van der Waals surface area contributed by atoms with E-state index in [-0.39, 0.29) is 5.78 Å². The van der Waals surface area contributed by atoms with Gasteiger partial charge in [-0.1, -0.05) is 18.2 Å². The minimum Gasteiger partial charge on any atom is -0.409 e. The van der Waals surface area contributed by atoms with E-state index in [0.717, 1.165) is 0 Å². The number of benzene rings is 2. The van der Waals surface area contributed by atoms with Crippen LogP contribution in [0.3, 0.4) is 0 Å². The maximum absolute atomic E-state index is 11.3. The van der Waals surface area contributed by atoms with Crippen molar-refractivity contribution in [2.24, 2.45) is 0 Å². The molecule has 3 rings (SSSR count). The van der Waals surface area contributed by atoms with E-state index in [0.29, 0.717) is 22.8 Å². The van der Waals surface area contributed by atoms with Crippen LogP contribution in [0.4, 0.5) is 0 Å². The second kappa shape index (κ2) is 4.90. The number of ketones is 1. The summed E-state index contributed by atoms with van der Waals surface area (Å²) < 4.78 is 16.7. The van der Waals surface area contributed by atoms with E-state index in [1.807, 2.05) is 30.3 Å². The zero-order chi connectivity index (χ0) is 13.2. The van der Waals surface area contributed by atoms with Crippen molar-refractivity contribution < 1.29 is 18.4 Å². The first-order chi connectivity index (χ1) is 9.22. The van der Waals surface area contributed by atoms with E-state index in [4.69, 9.17) is 13.6 Å². The standard InChI is InChI=1S/C14H11O4P/c1-10(15)11-7-8-13-14(9-11)18-19(17-13)16-12-5-3-2-4-6-12/h2-9H,1H3. The maximum atomic E-state index is 11.3. The SMILES string of the molecule is CC(=O)c1ccc2c(c1)OP(Oc1ccccc1)O2. The number of fused-ring (bicyclic) bond motifs is 1. The van der Waals surface area contributed by atoms with Gasteiger partial charge in [0.1, 0.15) is 5.75 Å². The number of carbonyl (C=O) groups excluding carboxylic acids is 1. The lowest BCUT2D eigenvalue weighted by Crippen LogP contribution is -1.94. The monoisotopic (exact) mass is 274 g/mol. The fraction of sp³-hybridized carbons (Fsp3) is 0.0714. The van der Waals surface area contributed by atoms with Crippen LogP contribution in [-0.4, -0.2) is 5.78 Å². The van der Waals surface area contributed by atoms with Crippen molar-refractivity contribution in [2.75, 3.05) is 0 Å². The topological polar surface area (TPSA) is 44.8 Å². The number of hydrogen-bond donors (Lipinski definition) is 0. The molecular formula is C14H11O4P. The van der Waals surface area contributed by atoms with Crippen LogP contribution in [0.15, 0.2) is 48.5 Å². The number of carbonyl (C=O) groups is 1. The Morgan fingerprint density at radius 2 is 1.79 bits per heavy atom. The first-order valence-corrected chi connectivity index (χ1v) is 6.86. The van der Waals surface area contributed by atoms with Gasteiger partial charge in [-0.05, 0) is 37.3 Å². The van der Waals surface area contributed by atoms with Gasteiger partial charge in [-0.3, -0.25) is 4.79 Å². The fourth-order valence-electron chi connectivity index (χ4n) is 1.66. The number of hydrogen-bond acceptors (Lipinski definition) is 4. The summed E-state index contributed by atoms with van der Waals surface area (Å²) in [6.07, 6.45) is 0. The predicted molar refractivity (Wildman–Crippen MR) is 71.7 cm³/mol. The van der Waals surface area contributed by atoms with Crippen molar-refractivity contribution >= 4 is 14.4 Å². The van der Waals surface area contributed by atoms with Gasteiger partial charge in [-0.15, -0.1) is 0 Å². The minimum absolute atomic E-state index is 0.00777. The van der Waals surface area contributed by atoms with E-state index in [1.54, 1.807) is 18.2 Å². The third-order valence-corrected chi connectivity index (χ3v) is 3.67. The molecule has 0 spiro atoms. The number of para-hydroxylation sites is 1. The van der Waals surface area contributed by atoms with Gasteiger partial charge >= 0.3 is 8.60 Å². The van der Waals surface area contributed by atoms with Crippen molar-refractivity contribution in [1.29, 1.82) is 0 Å². The first kappa shape index (κ1) is 12.0. The van der Waals surface area contributed by atoms with Gasteiger partial charge in [-0.2, -0.15) is 0 Å². The Bertz CT molecular complexity index is 612. The van der Waals surface area contributed by atoms with E-state index < -0.39 is 8.60 Å². The third kappa shape index (κ3) is 2.54. The van der Waals surface area contributed by atoms with E-state index in [2.05, 4.69) is 0 Å². The van der Waals surface area contributed by atoms with Gasteiger partial charge in [-0.25, -0.2) is 0 Å². The van der Waals surface area contributed by atoms with Crippen LogP contribution in [0.1, 0.15) is 17.3 Å². The lowest BCUT2D eigenvalue weighted by Gasteiger charge is -2.08. The van der Waals surface area contributed by atoms with E-state index in [9.17, 15) is 4.79 Å². The summed E-state index contributed by atoms with van der Waals surface area (Å²) in [4.78, 5) is 11.3. The zero-order valence-electron chi connectivity index (χ0n) is 10.2. The summed E-state index contributed by atoms with van der Waals surface area (Å²) in [6, 6.07) is 14.4. The van der Waals surface area contributed by atoms with Crippen molar-refractivity contribution in [1.82, 2.24) is 0 Å². The molecule has 2 aromatic rings. The Balaban J connectivity index is 1.75. The smallest absolute Gasteiger partial charge is 0.409 e. The Morgan fingerprint density at radius 1 is 1.05 bits per heavy atom. The van der Waals surface area contributed by atoms with Crippen molar-refractivity contribution in [3.8, 4) is 17.2 Å². The molecule has 19 heavy (non-hydrogen) atoms. The summed E-state index contributed by atoms with van der Waals surface area (Å²) >= 11 is 0. The van der Waals surface area contributed by atoms with Crippen molar-refractivity contribution in [3.05, 3.63) is 54.1 Å². The van der Waals surface area contributed by atoms with Gasteiger partial charge in [0.15, 0.2) is 17.3 Å². The molecule has 0 N–H and O–H groups in total. The van der Waals surface area contributed by atoms with Crippen LogP contribution in [0.5, 0.6) is 17.2 Å². The van der Waals surface area contributed by atoms with Gasteiger partial charge in [0.2, 0.25) is 0 Å². The third-order valence-electron chi connectivity index (χ3n) is 2.62. The minimum atomic E-state index is -1.49. The van der Waals surface area contributed by atoms with Crippen LogP contribution >= 0.6 is 8.60 Å². The molecule has 1 atom stereocenters. The molecule has 5 heteroatoms. The summed E-state index contributed by atoms with van der Waals surface area (Å²) in [6.45, 7) is 1.51. The number of Topliss-reactive ketones (excluding diaryl/α,β-unsaturated/α-hetero) is 1. The molecule has 1 aliphatic rings. The molecule has 0 amide bonds. The highest BCUT2D eigenvalue weighted by Crippen LogP contribution is 2.52. The highest BCUT2D eigenvalue weighted by Gasteiger charge is 2.30. The highest BCUT2D eigenvalue weighted by molar-refractivity contribution is 7.43. The summed E-state index contributed by atoms with van der Waals surface area (Å²) in [5.74, 6) is 1.83. The molecule has 0 saturated carbocycles. The van der Waals surface area contributed by atoms with Crippen molar-refractivity contribution in [2.45, 2.75) is 6.92 Å². The maximum Gasteiger partial charge on any atom is 0.530 e. The first-order valence-electron chi connectivity index (χ1n) is 5.76. The van der Waals surface area contributed by atoms with E-state index >= 15 is 0 Å². The second-order valence-corrected chi connectivity index (χ2v) is 5.02. The van der Waals surface area contributed by atoms with Gasteiger partial charge in [0.25, 0.3) is 0 Å². The average molecular weight is 274 g/mol. The predicted octanol–water partition coefficient (Wildman–Crippen LogP) is 3.97. The Labute approximate surface area is 111 Å². The molecule has 4 nitrogen and oxygen atoms in total. The van der Waals surface area contributed by atoms with Crippen LogP contribution in [0.25, 0.3) is 0 Å². The van der Waals surface area contributed by atoms with Crippen LogP contribution in [0.2, 0.25) is 0 Å². The molecule has 2 aromatic carbocycles. The summed E-state index contributed by atoms with van der Waals surface area (Å²) in [5.41, 5.74) is 0.596. The Morgan fingerprint density at radius 3 is 2.53 bits per heavy atom. The second-order valence-electron chi connectivity index (χ2n) is 4.03. The van der Waals surface area contributed by atoms with Gasteiger partial charge in [0.05, 0.1) is 0 Å². The molecule has 0 radical (unpaired) electrons. The molecule has 0 bridgehead atoms. The zero-order valence-corrected chi connectivity index (χ0v) is 11.1. The molecular weight excluding hydrogens is 263 g/mol. The fourth-order valence-corrected chi connectivity index (χ4v) is 2.68. The van der Waals surface area contributed by atoms with Gasteiger partial charge in [0, 0.05) is 5.56 Å². The summed E-state index contributed by atoms with van der Waals surface area (Å²) in [7, 11) is -1.49. The van der Waals surface area contributed by atoms with Crippen LogP contribution in [0, 0.1) is 0 Å². The Hall–Kier alpha value is -2.06. The molecule has 0 aliphatic carbocycles. The Kier molecular flexibility index (Phi) is 3.10. The largest absolute Gasteiger partial charge is 0.530 e. The van der Waals surface area contributed by atoms with Gasteiger partial charge < -0.3 is 13.6 Å².